The second-order valence-electron chi connectivity index (χ2n) is 3.68. The van der Waals surface area contributed by atoms with Crippen molar-refractivity contribution in [3.63, 3.8) is 0 Å². The Hall–Kier alpha value is -1.91. The van der Waals surface area contributed by atoms with Gasteiger partial charge in [-0.1, -0.05) is 18.2 Å². The lowest BCUT2D eigenvalue weighted by molar-refractivity contribution is -0.136. The molecule has 0 radical (unpaired) electrons. The molecule has 5 heteroatoms. The monoisotopic (exact) mass is 239 g/mol. The summed E-state index contributed by atoms with van der Waals surface area (Å²) in [6.07, 6.45) is -4.04. The van der Waals surface area contributed by atoms with Crippen molar-refractivity contribution in [3.05, 3.63) is 41.1 Å². The van der Waals surface area contributed by atoms with E-state index in [0.717, 1.165) is 0 Å². The third kappa shape index (κ3) is 2.00. The lowest BCUT2D eigenvalue weighted by Crippen LogP contribution is -2.09. The van der Waals surface area contributed by atoms with Crippen molar-refractivity contribution < 1.29 is 18.0 Å². The molecule has 0 fully saturated rings. The van der Waals surface area contributed by atoms with Gasteiger partial charge in [0.25, 0.3) is 0 Å². The smallest absolute Gasteiger partial charge is 0.296 e. The summed E-state index contributed by atoms with van der Waals surface area (Å²) in [5, 5.41) is 0.369. The lowest BCUT2D eigenvalue weighted by Gasteiger charge is -2.12. The molecule has 88 valence electrons. The molecule has 0 unspecified atom stereocenters. The van der Waals surface area contributed by atoms with E-state index in [9.17, 15) is 18.0 Å². The summed E-state index contributed by atoms with van der Waals surface area (Å²) in [6, 6.07) is 5.81. The van der Waals surface area contributed by atoms with Crippen molar-refractivity contribution in [1.82, 2.24) is 4.98 Å². The number of aryl methyl sites for hydroxylation is 1. The van der Waals surface area contributed by atoms with E-state index in [1.165, 1.54) is 25.1 Å². The fraction of sp³-hybridized carbons (Fsp3) is 0.167. The minimum Gasteiger partial charge on any atom is -0.296 e. The largest absolute Gasteiger partial charge is 0.418 e. The normalized spacial score (nSPS) is 11.8. The molecule has 0 aliphatic heterocycles. The summed E-state index contributed by atoms with van der Waals surface area (Å²) in [4.78, 5) is 14.3. The van der Waals surface area contributed by atoms with Gasteiger partial charge in [-0.05, 0) is 18.6 Å². The predicted molar refractivity (Wildman–Crippen MR) is 56.9 cm³/mol. The Labute approximate surface area is 95.1 Å². The molecule has 0 amide bonds. The molecule has 0 spiro atoms. The predicted octanol–water partition coefficient (Wildman–Crippen LogP) is 3.37. The van der Waals surface area contributed by atoms with Crippen molar-refractivity contribution in [1.29, 1.82) is 0 Å². The van der Waals surface area contributed by atoms with E-state index in [1.54, 1.807) is 6.07 Å². The van der Waals surface area contributed by atoms with Gasteiger partial charge in [-0.15, -0.1) is 0 Å². The Morgan fingerprint density at radius 3 is 2.41 bits per heavy atom. The number of halogens is 3. The standard InChI is InChI=1S/C12H8F3NO/c1-7-2-3-8-4-5-9(6-17)16-11(8)10(7)12(13,14)15/h2-6H,1H3. The summed E-state index contributed by atoms with van der Waals surface area (Å²) in [5.74, 6) is 0. The van der Waals surface area contributed by atoms with Crippen LogP contribution in [0.5, 0.6) is 0 Å². The third-order valence-corrected chi connectivity index (χ3v) is 2.50. The van der Waals surface area contributed by atoms with Gasteiger partial charge in [0.2, 0.25) is 0 Å². The number of aromatic nitrogens is 1. The van der Waals surface area contributed by atoms with E-state index in [2.05, 4.69) is 4.98 Å². The van der Waals surface area contributed by atoms with Crippen LogP contribution < -0.4 is 0 Å². The summed E-state index contributed by atoms with van der Waals surface area (Å²) in [6.45, 7) is 1.37. The van der Waals surface area contributed by atoms with Gasteiger partial charge in [-0.2, -0.15) is 13.2 Å². The van der Waals surface area contributed by atoms with Gasteiger partial charge in [0.15, 0.2) is 6.29 Å². The Morgan fingerprint density at radius 2 is 1.82 bits per heavy atom. The van der Waals surface area contributed by atoms with E-state index in [1.807, 2.05) is 0 Å². The quantitative estimate of drug-likeness (QED) is 0.714. The maximum absolute atomic E-state index is 12.9. The molecule has 0 atom stereocenters. The number of pyridine rings is 1. The summed E-state index contributed by atoms with van der Waals surface area (Å²) < 4.78 is 38.7. The molecule has 1 heterocycles. The average molecular weight is 239 g/mol. The molecule has 0 saturated heterocycles. The number of hydrogen-bond acceptors (Lipinski definition) is 2. The number of nitrogens with zero attached hydrogens (tertiary/aromatic N) is 1. The van der Waals surface area contributed by atoms with Crippen LogP contribution in [-0.4, -0.2) is 11.3 Å². The van der Waals surface area contributed by atoms with Crippen LogP contribution in [0.4, 0.5) is 13.2 Å². The first-order valence-electron chi connectivity index (χ1n) is 4.86. The number of benzene rings is 1. The van der Waals surface area contributed by atoms with Gasteiger partial charge in [-0.3, -0.25) is 4.79 Å². The maximum atomic E-state index is 12.9. The molecular formula is C12H8F3NO. The van der Waals surface area contributed by atoms with E-state index in [0.29, 0.717) is 11.7 Å². The van der Waals surface area contributed by atoms with Gasteiger partial charge in [0, 0.05) is 5.39 Å². The topological polar surface area (TPSA) is 30.0 Å². The van der Waals surface area contributed by atoms with Crippen molar-refractivity contribution >= 4 is 17.2 Å². The SMILES string of the molecule is Cc1ccc2ccc(C=O)nc2c1C(F)(F)F. The zero-order valence-corrected chi connectivity index (χ0v) is 8.88. The van der Waals surface area contributed by atoms with Crippen molar-refractivity contribution in [2.45, 2.75) is 13.1 Å². The second kappa shape index (κ2) is 3.84. The zero-order chi connectivity index (χ0) is 12.6. The summed E-state index contributed by atoms with van der Waals surface area (Å²) >= 11 is 0. The molecule has 0 N–H and O–H groups in total. The lowest BCUT2D eigenvalue weighted by atomic mass is 10.0. The Kier molecular flexibility index (Phi) is 2.61. The molecule has 0 bridgehead atoms. The number of carbonyl (C=O) groups is 1. The first-order chi connectivity index (χ1) is 7.93. The van der Waals surface area contributed by atoms with E-state index < -0.39 is 11.7 Å². The molecule has 2 rings (SSSR count). The van der Waals surface area contributed by atoms with Crippen molar-refractivity contribution in [2.75, 3.05) is 0 Å². The number of hydrogen-bond donors (Lipinski definition) is 0. The number of aldehydes is 1. The molecule has 2 nitrogen and oxygen atoms in total. The number of fused-ring (bicyclic) bond motifs is 1. The van der Waals surface area contributed by atoms with Gasteiger partial charge in [0.05, 0.1) is 11.1 Å². The molecule has 0 saturated carbocycles. The molecular weight excluding hydrogens is 231 g/mol. The van der Waals surface area contributed by atoms with E-state index in [-0.39, 0.29) is 16.8 Å². The number of alkyl halides is 3. The Balaban J connectivity index is 2.87. The third-order valence-electron chi connectivity index (χ3n) is 2.50. The first-order valence-corrected chi connectivity index (χ1v) is 4.86. The molecule has 1 aromatic carbocycles. The van der Waals surface area contributed by atoms with Crippen LogP contribution in [0.15, 0.2) is 24.3 Å². The van der Waals surface area contributed by atoms with Crippen molar-refractivity contribution in [2.24, 2.45) is 0 Å². The highest BCUT2D eigenvalue weighted by Crippen LogP contribution is 2.36. The van der Waals surface area contributed by atoms with E-state index >= 15 is 0 Å². The average Bonchev–Trinajstić information content (AvgIpc) is 2.26. The van der Waals surface area contributed by atoms with Crippen LogP contribution in [0.3, 0.4) is 0 Å². The second-order valence-corrected chi connectivity index (χ2v) is 3.68. The van der Waals surface area contributed by atoms with E-state index in [4.69, 9.17) is 0 Å². The van der Waals surface area contributed by atoms with Crippen LogP contribution in [-0.2, 0) is 6.18 Å². The molecule has 0 aliphatic carbocycles. The van der Waals surface area contributed by atoms with Crippen LogP contribution in [0.25, 0.3) is 10.9 Å². The summed E-state index contributed by atoms with van der Waals surface area (Å²) in [7, 11) is 0. The van der Waals surface area contributed by atoms with Crippen LogP contribution in [0.2, 0.25) is 0 Å². The highest BCUT2D eigenvalue weighted by molar-refractivity contribution is 5.86. The molecule has 0 aliphatic rings. The number of carbonyl (C=O) groups excluding carboxylic acids is 1. The number of rotatable bonds is 1. The fourth-order valence-corrected chi connectivity index (χ4v) is 1.73. The fourth-order valence-electron chi connectivity index (χ4n) is 1.73. The van der Waals surface area contributed by atoms with Crippen LogP contribution >= 0.6 is 0 Å². The van der Waals surface area contributed by atoms with Crippen LogP contribution in [0, 0.1) is 6.92 Å². The van der Waals surface area contributed by atoms with Gasteiger partial charge in [0.1, 0.15) is 5.69 Å². The molecule has 1 aromatic heterocycles. The molecule has 2 aromatic rings. The van der Waals surface area contributed by atoms with Gasteiger partial charge < -0.3 is 0 Å². The molecule has 17 heavy (non-hydrogen) atoms. The van der Waals surface area contributed by atoms with Crippen molar-refractivity contribution in [3.8, 4) is 0 Å². The first kappa shape index (κ1) is 11.6. The summed E-state index contributed by atoms with van der Waals surface area (Å²) in [5.41, 5.74) is -0.866. The Morgan fingerprint density at radius 1 is 1.18 bits per heavy atom. The highest BCUT2D eigenvalue weighted by Gasteiger charge is 2.35. The highest BCUT2D eigenvalue weighted by atomic mass is 19.4. The minimum atomic E-state index is -4.47. The Bertz CT molecular complexity index is 590. The van der Waals surface area contributed by atoms with Gasteiger partial charge in [-0.25, -0.2) is 4.98 Å². The maximum Gasteiger partial charge on any atom is 0.418 e. The van der Waals surface area contributed by atoms with Gasteiger partial charge >= 0.3 is 6.18 Å². The minimum absolute atomic E-state index is 0.00593. The van der Waals surface area contributed by atoms with Crippen LogP contribution in [0.1, 0.15) is 21.6 Å². The zero-order valence-electron chi connectivity index (χ0n) is 8.88.